The van der Waals surface area contributed by atoms with E-state index >= 15 is 0 Å². The molecule has 4 atom stereocenters. The summed E-state index contributed by atoms with van der Waals surface area (Å²) in [7, 11) is 0. The van der Waals surface area contributed by atoms with E-state index in [4.69, 9.17) is 23.7 Å². The first-order valence-corrected chi connectivity index (χ1v) is 6.15. The minimum Gasteiger partial charge on any atom is -0.370 e. The summed E-state index contributed by atoms with van der Waals surface area (Å²) in [6, 6.07) is 0. The quantitative estimate of drug-likeness (QED) is 0.680. The van der Waals surface area contributed by atoms with Gasteiger partial charge in [-0.25, -0.2) is 0 Å². The highest BCUT2D eigenvalue weighted by Gasteiger charge is 2.55. The van der Waals surface area contributed by atoms with Crippen LogP contribution in [0, 0.1) is 0 Å². The largest absolute Gasteiger partial charge is 0.370 e. The van der Waals surface area contributed by atoms with Gasteiger partial charge in [0.2, 0.25) is 0 Å². The van der Waals surface area contributed by atoms with Gasteiger partial charge in [-0.15, -0.1) is 0 Å². The normalized spacial score (nSPS) is 47.3. The van der Waals surface area contributed by atoms with Crippen molar-refractivity contribution in [2.45, 2.75) is 63.7 Å². The Morgan fingerprint density at radius 1 is 0.765 bits per heavy atom. The fraction of sp³-hybridized carbons (Fsp3) is 1.00. The monoisotopic (exact) mass is 244 g/mol. The van der Waals surface area contributed by atoms with Crippen LogP contribution in [-0.4, -0.2) is 49.2 Å². The molecule has 3 fully saturated rings. The molecule has 98 valence electrons. The van der Waals surface area contributed by atoms with Crippen molar-refractivity contribution < 1.29 is 23.7 Å². The van der Waals surface area contributed by atoms with Crippen molar-refractivity contribution in [1.29, 1.82) is 0 Å². The Bertz CT molecular complexity index is 310. The molecule has 3 heterocycles. The van der Waals surface area contributed by atoms with Crippen LogP contribution >= 0.6 is 0 Å². The van der Waals surface area contributed by atoms with Crippen LogP contribution in [0.3, 0.4) is 0 Å². The summed E-state index contributed by atoms with van der Waals surface area (Å²) in [4.78, 5) is 0. The molecule has 0 N–H and O–H groups in total. The maximum Gasteiger partial charge on any atom is 0.164 e. The zero-order chi connectivity index (χ0) is 12.3. The van der Waals surface area contributed by atoms with Crippen LogP contribution in [0.5, 0.6) is 0 Å². The summed E-state index contributed by atoms with van der Waals surface area (Å²) in [5.74, 6) is -1.10. The highest BCUT2D eigenvalue weighted by Crippen LogP contribution is 2.39. The first kappa shape index (κ1) is 11.9. The van der Waals surface area contributed by atoms with Gasteiger partial charge in [-0.3, -0.25) is 0 Å². The molecule has 0 saturated carbocycles. The van der Waals surface area contributed by atoms with E-state index in [2.05, 4.69) is 0 Å². The SMILES string of the molecule is CC1(C)O[C@H]([C@@H]2CO2)[C@@H]([C@H]2COC(C)(C)O2)O1. The van der Waals surface area contributed by atoms with Gasteiger partial charge >= 0.3 is 0 Å². The molecule has 3 aliphatic heterocycles. The van der Waals surface area contributed by atoms with Crippen molar-refractivity contribution in [3.8, 4) is 0 Å². The van der Waals surface area contributed by atoms with Gasteiger partial charge in [-0.1, -0.05) is 0 Å². The van der Waals surface area contributed by atoms with E-state index in [1.165, 1.54) is 0 Å². The average molecular weight is 244 g/mol. The van der Waals surface area contributed by atoms with Gasteiger partial charge in [0.05, 0.1) is 13.2 Å². The van der Waals surface area contributed by atoms with Crippen LogP contribution in [0.2, 0.25) is 0 Å². The maximum atomic E-state index is 5.93. The molecule has 0 radical (unpaired) electrons. The predicted molar refractivity (Wildman–Crippen MR) is 58.5 cm³/mol. The molecule has 0 aromatic carbocycles. The van der Waals surface area contributed by atoms with Crippen LogP contribution < -0.4 is 0 Å². The van der Waals surface area contributed by atoms with Gasteiger partial charge in [0.15, 0.2) is 11.6 Å². The topological polar surface area (TPSA) is 49.5 Å². The third kappa shape index (κ3) is 2.35. The second-order valence-corrected chi connectivity index (χ2v) is 5.80. The predicted octanol–water partition coefficient (Wildman–Crippen LogP) is 1.06. The smallest absolute Gasteiger partial charge is 0.164 e. The van der Waals surface area contributed by atoms with Crippen molar-refractivity contribution in [3.63, 3.8) is 0 Å². The molecule has 0 aromatic rings. The van der Waals surface area contributed by atoms with Crippen LogP contribution in [0.4, 0.5) is 0 Å². The van der Waals surface area contributed by atoms with Gasteiger partial charge < -0.3 is 23.7 Å². The fourth-order valence-electron chi connectivity index (χ4n) is 2.51. The van der Waals surface area contributed by atoms with E-state index in [1.807, 2.05) is 27.7 Å². The molecular weight excluding hydrogens is 224 g/mol. The van der Waals surface area contributed by atoms with Gasteiger partial charge in [0.25, 0.3) is 0 Å². The second kappa shape index (κ2) is 3.65. The lowest BCUT2D eigenvalue weighted by molar-refractivity contribution is -0.174. The first-order chi connectivity index (χ1) is 7.86. The molecule has 0 unspecified atom stereocenters. The van der Waals surface area contributed by atoms with E-state index in [1.54, 1.807) is 0 Å². The molecule has 0 amide bonds. The van der Waals surface area contributed by atoms with Crippen molar-refractivity contribution >= 4 is 0 Å². The highest BCUT2D eigenvalue weighted by molar-refractivity contribution is 4.97. The van der Waals surface area contributed by atoms with Crippen molar-refractivity contribution in [3.05, 3.63) is 0 Å². The number of ether oxygens (including phenoxy) is 5. The fourth-order valence-corrected chi connectivity index (χ4v) is 2.51. The minimum atomic E-state index is -0.572. The summed E-state index contributed by atoms with van der Waals surface area (Å²) < 4.78 is 28.6. The highest BCUT2D eigenvalue weighted by atomic mass is 16.8. The molecule has 17 heavy (non-hydrogen) atoms. The second-order valence-electron chi connectivity index (χ2n) is 5.80. The van der Waals surface area contributed by atoms with E-state index in [-0.39, 0.29) is 24.4 Å². The van der Waals surface area contributed by atoms with Crippen LogP contribution in [0.25, 0.3) is 0 Å². The maximum absolute atomic E-state index is 5.93. The molecule has 5 heteroatoms. The lowest BCUT2D eigenvalue weighted by Gasteiger charge is -2.23. The summed E-state index contributed by atoms with van der Waals surface area (Å²) >= 11 is 0. The molecule has 5 nitrogen and oxygen atoms in total. The number of epoxide rings is 1. The Balaban J connectivity index is 1.73. The molecule has 3 rings (SSSR count). The molecule has 0 spiro atoms. The molecule has 3 aliphatic rings. The average Bonchev–Trinajstić information content (AvgIpc) is 2.90. The van der Waals surface area contributed by atoms with Crippen molar-refractivity contribution in [2.24, 2.45) is 0 Å². The molecule has 0 bridgehead atoms. The van der Waals surface area contributed by atoms with Crippen molar-refractivity contribution in [1.82, 2.24) is 0 Å². The third-order valence-electron chi connectivity index (χ3n) is 3.29. The zero-order valence-corrected chi connectivity index (χ0v) is 10.8. The van der Waals surface area contributed by atoms with Crippen molar-refractivity contribution in [2.75, 3.05) is 13.2 Å². The van der Waals surface area contributed by atoms with Crippen LogP contribution in [0.15, 0.2) is 0 Å². The minimum absolute atomic E-state index is 0.0486. The summed E-state index contributed by atoms with van der Waals surface area (Å²) in [6.45, 7) is 8.96. The molecular formula is C12H20O5. The van der Waals surface area contributed by atoms with E-state index in [0.29, 0.717) is 6.61 Å². The lowest BCUT2D eigenvalue weighted by atomic mass is 10.1. The number of rotatable bonds is 2. The molecule has 3 saturated heterocycles. The van der Waals surface area contributed by atoms with Gasteiger partial charge in [-0.2, -0.15) is 0 Å². The Kier molecular flexibility index (Phi) is 2.55. The Morgan fingerprint density at radius 3 is 1.82 bits per heavy atom. The van der Waals surface area contributed by atoms with Gasteiger partial charge in [0, 0.05) is 0 Å². The summed E-state index contributed by atoms with van der Waals surface area (Å²) in [6.07, 6.45) is -0.0955. The Labute approximate surface area is 101 Å². The molecule has 0 aromatic heterocycles. The van der Waals surface area contributed by atoms with E-state index in [9.17, 15) is 0 Å². The molecule has 0 aliphatic carbocycles. The number of hydrogen-bond acceptors (Lipinski definition) is 5. The Morgan fingerprint density at radius 2 is 1.35 bits per heavy atom. The zero-order valence-electron chi connectivity index (χ0n) is 10.8. The van der Waals surface area contributed by atoms with E-state index < -0.39 is 11.6 Å². The summed E-state index contributed by atoms with van der Waals surface area (Å²) in [5.41, 5.74) is 0. The van der Waals surface area contributed by atoms with E-state index in [0.717, 1.165) is 6.61 Å². The first-order valence-electron chi connectivity index (χ1n) is 6.15. The van der Waals surface area contributed by atoms with Crippen LogP contribution in [0.1, 0.15) is 27.7 Å². The Hall–Kier alpha value is -0.200. The summed E-state index contributed by atoms with van der Waals surface area (Å²) in [5, 5.41) is 0. The van der Waals surface area contributed by atoms with Crippen LogP contribution in [-0.2, 0) is 23.7 Å². The third-order valence-corrected chi connectivity index (χ3v) is 3.29. The van der Waals surface area contributed by atoms with Gasteiger partial charge in [0.1, 0.15) is 24.4 Å². The lowest BCUT2D eigenvalue weighted by Crippen LogP contribution is -2.40. The standard InChI is InChI=1S/C12H20O5/c1-11(2)14-6-8(15-11)10-9(7-5-13-7)16-12(3,4)17-10/h7-10H,5-6H2,1-4H3/t7-,8+,9+,10+/m0/s1. The number of hydrogen-bond donors (Lipinski definition) is 0. The van der Waals surface area contributed by atoms with Gasteiger partial charge in [-0.05, 0) is 27.7 Å².